The molecule has 1 N–H and O–H groups in total. The standard InChI is InChI=1S/C14H15ClO2S/c1-2-11(15)7-5-6-10-18-13-9-4-3-8-12(13)14(16)17/h2-6,8-9,11H,1,7,10H2,(H,16,17)/b6-5+. The molecule has 0 aromatic heterocycles. The summed E-state index contributed by atoms with van der Waals surface area (Å²) in [5, 5.41) is 8.97. The Balaban J connectivity index is 2.49. The molecule has 0 fully saturated rings. The number of hydrogen-bond donors (Lipinski definition) is 1. The summed E-state index contributed by atoms with van der Waals surface area (Å²) in [5.74, 6) is -0.167. The Labute approximate surface area is 116 Å². The summed E-state index contributed by atoms with van der Waals surface area (Å²) < 4.78 is 0. The monoisotopic (exact) mass is 282 g/mol. The Morgan fingerprint density at radius 3 is 2.83 bits per heavy atom. The van der Waals surface area contributed by atoms with E-state index < -0.39 is 5.97 Å². The van der Waals surface area contributed by atoms with Crippen LogP contribution >= 0.6 is 23.4 Å². The molecule has 0 radical (unpaired) electrons. The molecule has 0 bridgehead atoms. The van der Waals surface area contributed by atoms with E-state index in [4.69, 9.17) is 16.7 Å². The van der Waals surface area contributed by atoms with E-state index in [1.54, 1.807) is 18.2 Å². The number of halogens is 1. The van der Waals surface area contributed by atoms with Gasteiger partial charge in [0, 0.05) is 10.6 Å². The van der Waals surface area contributed by atoms with E-state index in [-0.39, 0.29) is 5.38 Å². The first-order valence-electron chi connectivity index (χ1n) is 5.52. The van der Waals surface area contributed by atoms with Gasteiger partial charge in [0.15, 0.2) is 0 Å². The minimum atomic E-state index is -0.894. The quantitative estimate of drug-likeness (QED) is 0.462. The molecule has 0 aliphatic rings. The first-order chi connectivity index (χ1) is 8.65. The Hall–Kier alpha value is -1.19. The first kappa shape index (κ1) is 14.9. The van der Waals surface area contributed by atoms with Gasteiger partial charge in [0.2, 0.25) is 0 Å². The van der Waals surface area contributed by atoms with Gasteiger partial charge in [-0.15, -0.1) is 29.9 Å². The molecule has 96 valence electrons. The number of carboxylic acids is 1. The van der Waals surface area contributed by atoms with Crippen LogP contribution in [0, 0.1) is 0 Å². The van der Waals surface area contributed by atoms with E-state index in [9.17, 15) is 4.79 Å². The lowest BCUT2D eigenvalue weighted by Crippen LogP contribution is -1.98. The molecule has 0 spiro atoms. The maximum Gasteiger partial charge on any atom is 0.336 e. The molecule has 18 heavy (non-hydrogen) atoms. The van der Waals surface area contributed by atoms with E-state index in [0.717, 1.165) is 17.1 Å². The molecule has 0 amide bonds. The van der Waals surface area contributed by atoms with E-state index in [0.29, 0.717) is 5.56 Å². The second kappa shape index (κ2) is 8.01. The van der Waals surface area contributed by atoms with Gasteiger partial charge in [0.05, 0.1) is 10.9 Å². The van der Waals surface area contributed by atoms with Crippen molar-refractivity contribution in [2.45, 2.75) is 16.7 Å². The van der Waals surface area contributed by atoms with Crippen LogP contribution in [0.2, 0.25) is 0 Å². The molecule has 0 aliphatic heterocycles. The minimum Gasteiger partial charge on any atom is -0.478 e. The molecule has 1 aromatic rings. The van der Waals surface area contributed by atoms with Gasteiger partial charge in [0.1, 0.15) is 0 Å². The second-order valence-electron chi connectivity index (χ2n) is 3.57. The van der Waals surface area contributed by atoms with E-state index in [2.05, 4.69) is 6.58 Å². The molecule has 1 aromatic carbocycles. The summed E-state index contributed by atoms with van der Waals surface area (Å²) in [6.45, 7) is 3.60. The van der Waals surface area contributed by atoms with Crippen molar-refractivity contribution in [3.63, 3.8) is 0 Å². The first-order valence-corrected chi connectivity index (χ1v) is 6.94. The third-order valence-corrected chi connectivity index (χ3v) is 3.62. The molecular weight excluding hydrogens is 268 g/mol. The van der Waals surface area contributed by atoms with E-state index in [1.807, 2.05) is 24.3 Å². The summed E-state index contributed by atoms with van der Waals surface area (Å²) >= 11 is 7.37. The maximum absolute atomic E-state index is 11.0. The molecule has 0 aliphatic carbocycles. The molecule has 1 unspecified atom stereocenters. The Morgan fingerprint density at radius 1 is 1.44 bits per heavy atom. The lowest BCUT2D eigenvalue weighted by molar-refractivity contribution is 0.0693. The van der Waals surface area contributed by atoms with Crippen LogP contribution in [0.25, 0.3) is 0 Å². The van der Waals surface area contributed by atoms with Gasteiger partial charge in [-0.1, -0.05) is 30.4 Å². The number of thioether (sulfide) groups is 1. The third-order valence-electron chi connectivity index (χ3n) is 2.24. The van der Waals surface area contributed by atoms with Gasteiger partial charge < -0.3 is 5.11 Å². The highest BCUT2D eigenvalue weighted by atomic mass is 35.5. The molecule has 0 saturated heterocycles. The summed E-state index contributed by atoms with van der Waals surface area (Å²) in [6, 6.07) is 6.99. The zero-order valence-corrected chi connectivity index (χ0v) is 11.5. The molecule has 4 heteroatoms. The molecule has 1 rings (SSSR count). The van der Waals surface area contributed by atoms with Crippen molar-refractivity contribution < 1.29 is 9.90 Å². The fraction of sp³-hybridized carbons (Fsp3) is 0.214. The number of aromatic carboxylic acids is 1. The molecule has 1 atom stereocenters. The lowest BCUT2D eigenvalue weighted by atomic mass is 10.2. The zero-order valence-electron chi connectivity index (χ0n) is 9.88. The molecule has 0 heterocycles. The topological polar surface area (TPSA) is 37.3 Å². The normalized spacial score (nSPS) is 12.5. The van der Waals surface area contributed by atoms with Crippen molar-refractivity contribution in [3.8, 4) is 0 Å². The number of alkyl halides is 1. The minimum absolute atomic E-state index is 0.0439. The van der Waals surface area contributed by atoms with Crippen LogP contribution in [0.1, 0.15) is 16.8 Å². The Kier molecular flexibility index (Phi) is 6.61. The predicted molar refractivity (Wildman–Crippen MR) is 77.7 cm³/mol. The summed E-state index contributed by atoms with van der Waals surface area (Å²) in [5.41, 5.74) is 0.345. The van der Waals surface area contributed by atoms with Gasteiger partial charge in [-0.2, -0.15) is 0 Å². The van der Waals surface area contributed by atoms with E-state index in [1.165, 1.54) is 11.8 Å². The average molecular weight is 283 g/mol. The van der Waals surface area contributed by atoms with E-state index >= 15 is 0 Å². The number of carboxylic acid groups (broad SMARTS) is 1. The molecular formula is C14H15ClO2S. The number of benzene rings is 1. The lowest BCUT2D eigenvalue weighted by Gasteiger charge is -2.03. The largest absolute Gasteiger partial charge is 0.478 e. The average Bonchev–Trinajstić information content (AvgIpc) is 2.38. The Bertz CT molecular complexity index is 443. The zero-order chi connectivity index (χ0) is 13.4. The van der Waals surface area contributed by atoms with Crippen molar-refractivity contribution in [3.05, 3.63) is 54.6 Å². The summed E-state index contributed by atoms with van der Waals surface area (Å²) in [4.78, 5) is 11.8. The van der Waals surface area contributed by atoms with Crippen LogP contribution in [0.15, 0.2) is 54.0 Å². The number of allylic oxidation sites excluding steroid dienone is 2. The van der Waals surface area contributed by atoms with Crippen molar-refractivity contribution in [1.29, 1.82) is 0 Å². The van der Waals surface area contributed by atoms with Crippen LogP contribution in [0.3, 0.4) is 0 Å². The molecule has 0 saturated carbocycles. The van der Waals surface area contributed by atoms with Crippen molar-refractivity contribution in [2.24, 2.45) is 0 Å². The highest BCUT2D eigenvalue weighted by Crippen LogP contribution is 2.22. The molecule has 2 nitrogen and oxygen atoms in total. The highest BCUT2D eigenvalue weighted by Gasteiger charge is 2.08. The van der Waals surface area contributed by atoms with Gasteiger partial charge in [0.25, 0.3) is 0 Å². The highest BCUT2D eigenvalue weighted by molar-refractivity contribution is 7.99. The second-order valence-corrected chi connectivity index (χ2v) is 5.19. The third kappa shape index (κ3) is 4.98. The van der Waals surface area contributed by atoms with Crippen LogP contribution in [-0.2, 0) is 0 Å². The van der Waals surface area contributed by atoms with Gasteiger partial charge in [-0.25, -0.2) is 4.79 Å². The van der Waals surface area contributed by atoms with Crippen LogP contribution < -0.4 is 0 Å². The summed E-state index contributed by atoms with van der Waals surface area (Å²) in [6.07, 6.45) is 6.41. The van der Waals surface area contributed by atoms with Gasteiger partial charge in [-0.3, -0.25) is 0 Å². The van der Waals surface area contributed by atoms with Crippen molar-refractivity contribution in [2.75, 3.05) is 5.75 Å². The maximum atomic E-state index is 11.0. The van der Waals surface area contributed by atoms with Gasteiger partial charge >= 0.3 is 5.97 Å². The van der Waals surface area contributed by atoms with Gasteiger partial charge in [-0.05, 0) is 18.6 Å². The number of rotatable bonds is 7. The smallest absolute Gasteiger partial charge is 0.336 e. The number of carbonyl (C=O) groups is 1. The predicted octanol–water partition coefficient (Wildman–Crippen LogP) is 4.22. The van der Waals surface area contributed by atoms with Crippen LogP contribution in [-0.4, -0.2) is 22.2 Å². The van der Waals surface area contributed by atoms with Crippen molar-refractivity contribution in [1.82, 2.24) is 0 Å². The fourth-order valence-corrected chi connectivity index (χ4v) is 2.30. The Morgan fingerprint density at radius 2 is 2.17 bits per heavy atom. The number of hydrogen-bond acceptors (Lipinski definition) is 2. The van der Waals surface area contributed by atoms with Crippen LogP contribution in [0.5, 0.6) is 0 Å². The SMILES string of the molecule is C=CC(Cl)C/C=C/CSc1ccccc1C(=O)O. The van der Waals surface area contributed by atoms with Crippen molar-refractivity contribution >= 4 is 29.3 Å². The summed E-state index contributed by atoms with van der Waals surface area (Å²) in [7, 11) is 0. The van der Waals surface area contributed by atoms with Crippen LogP contribution in [0.4, 0.5) is 0 Å². The fourth-order valence-electron chi connectivity index (χ4n) is 1.30.